The Hall–Kier alpha value is -2.01. The molecule has 2 aliphatic rings. The topological polar surface area (TPSA) is 42.0 Å². The van der Waals surface area contributed by atoms with Crippen LogP contribution in [0.25, 0.3) is 6.08 Å². The van der Waals surface area contributed by atoms with Crippen LogP contribution in [-0.2, 0) is 4.79 Å². The molecule has 112 valence electrons. The molecule has 1 fully saturated rings. The zero-order valence-electron chi connectivity index (χ0n) is 12.2. The number of piperazine rings is 1. The molecule has 0 unspecified atom stereocenters. The predicted molar refractivity (Wildman–Crippen MR) is 80.3 cm³/mol. The molecule has 1 aromatic carbocycles. The Morgan fingerprint density at radius 2 is 1.95 bits per heavy atom. The molecule has 0 atom stereocenters. The highest BCUT2D eigenvalue weighted by Crippen LogP contribution is 2.32. The fourth-order valence-corrected chi connectivity index (χ4v) is 2.57. The molecule has 0 aromatic heterocycles. The van der Waals surface area contributed by atoms with E-state index in [9.17, 15) is 4.79 Å². The van der Waals surface area contributed by atoms with Gasteiger partial charge in [-0.3, -0.25) is 4.79 Å². The van der Waals surface area contributed by atoms with Crippen molar-refractivity contribution in [3.05, 3.63) is 29.8 Å². The zero-order valence-corrected chi connectivity index (χ0v) is 12.2. The monoisotopic (exact) mass is 288 g/mol. The van der Waals surface area contributed by atoms with Gasteiger partial charge in [0.1, 0.15) is 0 Å². The van der Waals surface area contributed by atoms with E-state index in [0.29, 0.717) is 0 Å². The Kier molecular flexibility index (Phi) is 4.10. The number of ether oxygens (including phenoxy) is 2. The van der Waals surface area contributed by atoms with E-state index in [2.05, 4.69) is 11.8 Å². The van der Waals surface area contributed by atoms with Gasteiger partial charge >= 0.3 is 0 Å². The maximum absolute atomic E-state index is 12.2. The molecule has 0 aliphatic carbocycles. The number of benzene rings is 1. The Morgan fingerprint density at radius 1 is 1.19 bits per heavy atom. The average molecular weight is 288 g/mol. The van der Waals surface area contributed by atoms with Crippen LogP contribution in [0.4, 0.5) is 0 Å². The SMILES string of the molecule is CCN1CCN(C(=O)/C=C/c2ccc3c(c2)OCO3)CC1. The maximum Gasteiger partial charge on any atom is 0.246 e. The Labute approximate surface area is 124 Å². The van der Waals surface area contributed by atoms with Crippen LogP contribution in [0.15, 0.2) is 24.3 Å². The van der Waals surface area contributed by atoms with E-state index in [1.54, 1.807) is 6.08 Å². The summed E-state index contributed by atoms with van der Waals surface area (Å²) in [6.07, 6.45) is 3.47. The van der Waals surface area contributed by atoms with E-state index in [-0.39, 0.29) is 12.7 Å². The van der Waals surface area contributed by atoms with Crippen LogP contribution < -0.4 is 9.47 Å². The van der Waals surface area contributed by atoms with Crippen LogP contribution in [0, 0.1) is 0 Å². The standard InChI is InChI=1S/C16H20N2O3/c1-2-17-7-9-18(10-8-17)16(19)6-4-13-3-5-14-15(11-13)21-12-20-14/h3-6,11H,2,7-10,12H2,1H3/b6-4+. The molecule has 0 radical (unpaired) electrons. The summed E-state index contributed by atoms with van der Waals surface area (Å²) >= 11 is 0. The third-order valence-electron chi connectivity index (χ3n) is 3.95. The van der Waals surface area contributed by atoms with Crippen molar-refractivity contribution in [2.24, 2.45) is 0 Å². The lowest BCUT2D eigenvalue weighted by atomic mass is 10.2. The highest BCUT2D eigenvalue weighted by molar-refractivity contribution is 5.92. The fraction of sp³-hybridized carbons (Fsp3) is 0.438. The van der Waals surface area contributed by atoms with E-state index in [1.165, 1.54) is 0 Å². The smallest absolute Gasteiger partial charge is 0.246 e. The third kappa shape index (κ3) is 3.19. The number of carbonyl (C=O) groups excluding carboxylic acids is 1. The molecule has 0 bridgehead atoms. The molecule has 21 heavy (non-hydrogen) atoms. The molecule has 2 aliphatic heterocycles. The van der Waals surface area contributed by atoms with E-state index in [1.807, 2.05) is 29.2 Å². The van der Waals surface area contributed by atoms with Crippen molar-refractivity contribution >= 4 is 12.0 Å². The van der Waals surface area contributed by atoms with Crippen molar-refractivity contribution in [2.75, 3.05) is 39.5 Å². The van der Waals surface area contributed by atoms with Gasteiger partial charge < -0.3 is 19.3 Å². The number of hydrogen-bond donors (Lipinski definition) is 0. The summed E-state index contributed by atoms with van der Waals surface area (Å²) in [6, 6.07) is 5.68. The summed E-state index contributed by atoms with van der Waals surface area (Å²) < 4.78 is 10.6. The van der Waals surface area contributed by atoms with Crippen molar-refractivity contribution < 1.29 is 14.3 Å². The lowest BCUT2D eigenvalue weighted by Crippen LogP contribution is -2.48. The van der Waals surface area contributed by atoms with Crippen LogP contribution in [0.2, 0.25) is 0 Å². The van der Waals surface area contributed by atoms with E-state index >= 15 is 0 Å². The van der Waals surface area contributed by atoms with Crippen molar-refractivity contribution in [3.63, 3.8) is 0 Å². The number of carbonyl (C=O) groups is 1. The Morgan fingerprint density at radius 3 is 2.71 bits per heavy atom. The summed E-state index contributed by atoms with van der Waals surface area (Å²) in [5, 5.41) is 0. The second-order valence-electron chi connectivity index (χ2n) is 5.21. The van der Waals surface area contributed by atoms with Gasteiger partial charge in [0.05, 0.1) is 0 Å². The minimum absolute atomic E-state index is 0.0726. The second-order valence-corrected chi connectivity index (χ2v) is 5.21. The van der Waals surface area contributed by atoms with Gasteiger partial charge in [-0.15, -0.1) is 0 Å². The maximum atomic E-state index is 12.2. The highest BCUT2D eigenvalue weighted by atomic mass is 16.7. The molecule has 3 rings (SSSR count). The third-order valence-corrected chi connectivity index (χ3v) is 3.95. The second kappa shape index (κ2) is 6.18. The van der Waals surface area contributed by atoms with Crippen molar-refractivity contribution in [3.8, 4) is 11.5 Å². The molecule has 0 saturated carbocycles. The van der Waals surface area contributed by atoms with Gasteiger partial charge in [-0.2, -0.15) is 0 Å². The summed E-state index contributed by atoms with van der Waals surface area (Å²) in [5.74, 6) is 1.57. The first-order chi connectivity index (χ1) is 10.3. The van der Waals surface area contributed by atoms with Gasteiger partial charge in [0.2, 0.25) is 12.7 Å². The number of nitrogens with zero attached hydrogens (tertiary/aromatic N) is 2. The summed E-state index contributed by atoms with van der Waals surface area (Å²) in [5.41, 5.74) is 0.944. The van der Waals surface area contributed by atoms with Gasteiger partial charge in [0, 0.05) is 32.3 Å². The van der Waals surface area contributed by atoms with Crippen LogP contribution >= 0.6 is 0 Å². The molecule has 0 N–H and O–H groups in total. The molecule has 5 nitrogen and oxygen atoms in total. The molecular formula is C16H20N2O3. The minimum Gasteiger partial charge on any atom is -0.454 e. The van der Waals surface area contributed by atoms with Crippen molar-refractivity contribution in [2.45, 2.75) is 6.92 Å². The molecule has 0 spiro atoms. The molecule has 5 heteroatoms. The van der Waals surface area contributed by atoms with Gasteiger partial charge in [-0.25, -0.2) is 0 Å². The van der Waals surface area contributed by atoms with Crippen LogP contribution in [0.3, 0.4) is 0 Å². The first-order valence-electron chi connectivity index (χ1n) is 7.35. The van der Waals surface area contributed by atoms with Crippen LogP contribution in [0.1, 0.15) is 12.5 Å². The predicted octanol–water partition coefficient (Wildman–Crippen LogP) is 1.59. The number of likely N-dealkylation sites (N-methyl/N-ethyl adjacent to an activating group) is 1. The molecule has 1 amide bonds. The lowest BCUT2D eigenvalue weighted by molar-refractivity contribution is -0.127. The first kappa shape index (κ1) is 13.9. The van der Waals surface area contributed by atoms with Gasteiger partial charge in [-0.05, 0) is 30.3 Å². The van der Waals surface area contributed by atoms with E-state index in [4.69, 9.17) is 9.47 Å². The zero-order chi connectivity index (χ0) is 14.7. The number of rotatable bonds is 3. The normalized spacial score (nSPS) is 18.4. The molecule has 1 aromatic rings. The summed E-state index contributed by atoms with van der Waals surface area (Å²) in [4.78, 5) is 16.4. The van der Waals surface area contributed by atoms with Crippen LogP contribution in [-0.4, -0.2) is 55.2 Å². The Bertz CT molecular complexity index is 548. The first-order valence-corrected chi connectivity index (χ1v) is 7.35. The quantitative estimate of drug-likeness (QED) is 0.792. The van der Waals surface area contributed by atoms with E-state index in [0.717, 1.165) is 49.8 Å². The number of amides is 1. The van der Waals surface area contributed by atoms with Gasteiger partial charge in [0.15, 0.2) is 11.5 Å². The lowest BCUT2D eigenvalue weighted by Gasteiger charge is -2.33. The Balaban J connectivity index is 1.59. The van der Waals surface area contributed by atoms with Crippen molar-refractivity contribution in [1.29, 1.82) is 0 Å². The largest absolute Gasteiger partial charge is 0.454 e. The average Bonchev–Trinajstić information content (AvgIpc) is 3.00. The van der Waals surface area contributed by atoms with Crippen LogP contribution in [0.5, 0.6) is 11.5 Å². The van der Waals surface area contributed by atoms with Crippen molar-refractivity contribution in [1.82, 2.24) is 9.80 Å². The van der Waals surface area contributed by atoms with Gasteiger partial charge in [0.25, 0.3) is 0 Å². The number of hydrogen-bond acceptors (Lipinski definition) is 4. The molecule has 1 saturated heterocycles. The van der Waals surface area contributed by atoms with Gasteiger partial charge in [-0.1, -0.05) is 13.0 Å². The number of fused-ring (bicyclic) bond motifs is 1. The molecular weight excluding hydrogens is 268 g/mol. The van der Waals surface area contributed by atoms with E-state index < -0.39 is 0 Å². The summed E-state index contributed by atoms with van der Waals surface area (Å²) in [6.45, 7) is 6.99. The summed E-state index contributed by atoms with van der Waals surface area (Å²) in [7, 11) is 0. The highest BCUT2D eigenvalue weighted by Gasteiger charge is 2.18. The minimum atomic E-state index is 0.0726. The molecule has 2 heterocycles. The fourth-order valence-electron chi connectivity index (χ4n) is 2.57.